The molecule has 0 radical (unpaired) electrons. The highest BCUT2D eigenvalue weighted by molar-refractivity contribution is 7.17. The molecule has 2 aliphatic rings. The van der Waals surface area contributed by atoms with Crippen molar-refractivity contribution in [2.24, 2.45) is 5.92 Å². The van der Waals surface area contributed by atoms with Gasteiger partial charge in [-0.3, -0.25) is 4.90 Å². The minimum absolute atomic E-state index is 0.222. The molecule has 1 aromatic carbocycles. The van der Waals surface area contributed by atoms with Gasteiger partial charge >= 0.3 is 0 Å². The fourth-order valence-electron chi connectivity index (χ4n) is 4.59. The molecular weight excluding hydrogens is 408 g/mol. The molecular formula is C24H30N4O2S. The van der Waals surface area contributed by atoms with E-state index in [0.29, 0.717) is 5.92 Å². The maximum absolute atomic E-state index is 5.81. The molecule has 0 bridgehead atoms. The number of anilines is 1. The van der Waals surface area contributed by atoms with Gasteiger partial charge < -0.3 is 14.4 Å². The van der Waals surface area contributed by atoms with Crippen molar-refractivity contribution in [3.8, 4) is 11.1 Å². The summed E-state index contributed by atoms with van der Waals surface area (Å²) >= 11 is 1.72. The number of benzene rings is 1. The van der Waals surface area contributed by atoms with Crippen molar-refractivity contribution in [1.82, 2.24) is 14.9 Å². The molecule has 7 heteroatoms. The van der Waals surface area contributed by atoms with Gasteiger partial charge in [0.2, 0.25) is 0 Å². The number of methoxy groups -OCH3 is 1. The Morgan fingerprint density at radius 3 is 2.71 bits per heavy atom. The third kappa shape index (κ3) is 4.32. The highest BCUT2D eigenvalue weighted by Crippen LogP contribution is 2.39. The van der Waals surface area contributed by atoms with Crippen LogP contribution in [0.4, 0.5) is 5.82 Å². The van der Waals surface area contributed by atoms with E-state index in [4.69, 9.17) is 19.4 Å². The van der Waals surface area contributed by atoms with Crippen LogP contribution in [0.3, 0.4) is 0 Å². The Balaban J connectivity index is 1.57. The van der Waals surface area contributed by atoms with E-state index in [1.807, 2.05) is 7.11 Å². The first-order chi connectivity index (χ1) is 15.2. The Labute approximate surface area is 187 Å². The van der Waals surface area contributed by atoms with Crippen molar-refractivity contribution < 1.29 is 9.47 Å². The molecule has 6 nitrogen and oxygen atoms in total. The zero-order valence-corrected chi connectivity index (χ0v) is 19.1. The first-order valence-corrected chi connectivity index (χ1v) is 12.0. The molecule has 0 spiro atoms. The van der Waals surface area contributed by atoms with E-state index in [2.05, 4.69) is 52.4 Å². The average Bonchev–Trinajstić information content (AvgIpc) is 3.24. The SMILES string of the molecule is COC1CN(c2nc(CN3CCOCC3)nc3scc(-c4ccccc4)c23)CCC1C. The molecule has 164 valence electrons. The van der Waals surface area contributed by atoms with Crippen molar-refractivity contribution in [1.29, 1.82) is 0 Å². The van der Waals surface area contributed by atoms with E-state index in [-0.39, 0.29) is 6.10 Å². The van der Waals surface area contributed by atoms with Gasteiger partial charge in [0.05, 0.1) is 31.2 Å². The Morgan fingerprint density at radius 1 is 1.13 bits per heavy atom. The van der Waals surface area contributed by atoms with Crippen LogP contribution in [0.2, 0.25) is 0 Å². The number of morpholine rings is 1. The normalized spacial score (nSPS) is 22.8. The van der Waals surface area contributed by atoms with E-state index in [0.717, 1.165) is 68.8 Å². The molecule has 2 aliphatic heterocycles. The summed E-state index contributed by atoms with van der Waals surface area (Å²) in [5.74, 6) is 2.52. The third-order valence-electron chi connectivity index (χ3n) is 6.51. The number of ether oxygens (including phenoxy) is 2. The molecule has 3 aromatic rings. The standard InChI is InChI=1S/C24H30N4O2S/c1-17-8-9-28(14-20(17)29-2)23-22-19(18-6-4-3-5-7-18)16-31-24(22)26-21(25-23)15-27-10-12-30-13-11-27/h3-7,16-17,20H,8-15H2,1-2H3. The molecule has 0 amide bonds. The van der Waals surface area contributed by atoms with Crippen LogP contribution < -0.4 is 4.90 Å². The van der Waals surface area contributed by atoms with Crippen LogP contribution in [0.5, 0.6) is 0 Å². The quantitative estimate of drug-likeness (QED) is 0.599. The average molecular weight is 439 g/mol. The second-order valence-corrected chi connectivity index (χ2v) is 9.39. The van der Waals surface area contributed by atoms with Gasteiger partial charge in [0.25, 0.3) is 0 Å². The molecule has 2 fully saturated rings. The molecule has 2 saturated heterocycles. The second-order valence-electron chi connectivity index (χ2n) is 8.53. The molecule has 0 aliphatic carbocycles. The number of fused-ring (bicyclic) bond motifs is 1. The first-order valence-electron chi connectivity index (χ1n) is 11.1. The van der Waals surface area contributed by atoms with Crippen molar-refractivity contribution >= 4 is 27.4 Å². The molecule has 2 unspecified atom stereocenters. The Bertz CT molecular complexity index is 1020. The predicted octanol–water partition coefficient (Wildman–Crippen LogP) is 4.05. The fourth-order valence-corrected chi connectivity index (χ4v) is 5.55. The summed E-state index contributed by atoms with van der Waals surface area (Å²) in [6, 6.07) is 10.6. The maximum Gasteiger partial charge on any atom is 0.146 e. The lowest BCUT2D eigenvalue weighted by Gasteiger charge is -2.37. The van der Waals surface area contributed by atoms with Crippen molar-refractivity contribution in [2.45, 2.75) is 26.0 Å². The molecule has 0 saturated carbocycles. The number of thiophene rings is 1. The van der Waals surface area contributed by atoms with E-state index in [1.165, 1.54) is 16.5 Å². The van der Waals surface area contributed by atoms with Crippen molar-refractivity contribution in [3.63, 3.8) is 0 Å². The Kier molecular flexibility index (Phi) is 6.18. The summed E-state index contributed by atoms with van der Waals surface area (Å²) < 4.78 is 11.3. The van der Waals surface area contributed by atoms with Gasteiger partial charge in [-0.2, -0.15) is 0 Å². The van der Waals surface area contributed by atoms with Crippen LogP contribution in [0.25, 0.3) is 21.3 Å². The van der Waals surface area contributed by atoms with Gasteiger partial charge in [0, 0.05) is 44.2 Å². The number of rotatable bonds is 5. The van der Waals surface area contributed by atoms with Gasteiger partial charge in [0.1, 0.15) is 16.5 Å². The number of piperidine rings is 1. The van der Waals surface area contributed by atoms with Crippen LogP contribution >= 0.6 is 11.3 Å². The number of hydrogen-bond acceptors (Lipinski definition) is 7. The Morgan fingerprint density at radius 2 is 1.94 bits per heavy atom. The lowest BCUT2D eigenvalue weighted by molar-refractivity contribution is 0.0331. The highest BCUT2D eigenvalue weighted by Gasteiger charge is 2.29. The van der Waals surface area contributed by atoms with Gasteiger partial charge in [-0.25, -0.2) is 9.97 Å². The largest absolute Gasteiger partial charge is 0.379 e. The summed E-state index contributed by atoms with van der Waals surface area (Å²) in [6.07, 6.45) is 1.33. The number of aromatic nitrogens is 2. The smallest absolute Gasteiger partial charge is 0.146 e. The first kappa shape index (κ1) is 20.8. The molecule has 5 rings (SSSR count). The molecule has 2 atom stereocenters. The van der Waals surface area contributed by atoms with Crippen LogP contribution in [0, 0.1) is 5.92 Å². The van der Waals surface area contributed by atoms with Gasteiger partial charge in [-0.1, -0.05) is 37.3 Å². The summed E-state index contributed by atoms with van der Waals surface area (Å²) in [5.41, 5.74) is 2.44. The van der Waals surface area contributed by atoms with E-state index < -0.39 is 0 Å². The maximum atomic E-state index is 5.81. The monoisotopic (exact) mass is 438 g/mol. The highest BCUT2D eigenvalue weighted by atomic mass is 32.1. The van der Waals surface area contributed by atoms with Crippen molar-refractivity contribution in [3.05, 3.63) is 41.5 Å². The van der Waals surface area contributed by atoms with Gasteiger partial charge in [0.15, 0.2) is 0 Å². The van der Waals surface area contributed by atoms with Gasteiger partial charge in [-0.15, -0.1) is 11.3 Å². The summed E-state index contributed by atoms with van der Waals surface area (Å²) in [7, 11) is 1.82. The Hall–Kier alpha value is -2.06. The topological polar surface area (TPSA) is 50.7 Å². The summed E-state index contributed by atoms with van der Waals surface area (Å²) in [5, 5.41) is 3.41. The number of nitrogens with zero attached hydrogens (tertiary/aromatic N) is 4. The number of hydrogen-bond donors (Lipinski definition) is 0. The van der Waals surface area contributed by atoms with Gasteiger partial charge in [-0.05, 0) is 17.9 Å². The third-order valence-corrected chi connectivity index (χ3v) is 7.38. The van der Waals surface area contributed by atoms with Crippen molar-refractivity contribution in [2.75, 3.05) is 51.4 Å². The minimum atomic E-state index is 0.222. The zero-order valence-electron chi connectivity index (χ0n) is 18.3. The molecule has 2 aromatic heterocycles. The lowest BCUT2D eigenvalue weighted by atomic mass is 9.95. The van der Waals surface area contributed by atoms with Crippen LogP contribution in [-0.2, 0) is 16.0 Å². The van der Waals surface area contributed by atoms with Crippen LogP contribution in [0.1, 0.15) is 19.2 Å². The zero-order chi connectivity index (χ0) is 21.2. The van der Waals surface area contributed by atoms with Crippen LogP contribution in [-0.4, -0.2) is 67.5 Å². The van der Waals surface area contributed by atoms with E-state index in [9.17, 15) is 0 Å². The molecule has 31 heavy (non-hydrogen) atoms. The fraction of sp³-hybridized carbons (Fsp3) is 0.500. The summed E-state index contributed by atoms with van der Waals surface area (Å²) in [4.78, 5) is 16.0. The molecule has 4 heterocycles. The minimum Gasteiger partial charge on any atom is -0.379 e. The van der Waals surface area contributed by atoms with E-state index in [1.54, 1.807) is 11.3 Å². The summed E-state index contributed by atoms with van der Waals surface area (Å²) in [6.45, 7) is 8.34. The molecule has 0 N–H and O–H groups in total. The van der Waals surface area contributed by atoms with E-state index >= 15 is 0 Å². The lowest BCUT2D eigenvalue weighted by Crippen LogP contribution is -2.44. The van der Waals surface area contributed by atoms with Crippen LogP contribution in [0.15, 0.2) is 35.7 Å². The predicted molar refractivity (Wildman–Crippen MR) is 126 cm³/mol. The second kappa shape index (κ2) is 9.20.